The number of ketones is 1. The van der Waals surface area contributed by atoms with Crippen molar-refractivity contribution in [3.05, 3.63) is 41.5 Å². The van der Waals surface area contributed by atoms with Crippen molar-refractivity contribution in [1.29, 1.82) is 0 Å². The van der Waals surface area contributed by atoms with Gasteiger partial charge in [-0.3, -0.25) is 9.59 Å². The maximum Gasteiger partial charge on any atom is 0.307 e. The Morgan fingerprint density at radius 2 is 2.00 bits per heavy atom. The van der Waals surface area contributed by atoms with Crippen molar-refractivity contribution in [2.24, 2.45) is 0 Å². The lowest BCUT2D eigenvalue weighted by Crippen LogP contribution is -1.98. The summed E-state index contributed by atoms with van der Waals surface area (Å²) in [6.07, 6.45) is 3.70. The fraction of sp³-hybridized carbons (Fsp3) is 0.231. The standard InChI is InChI=1S/C13H14O3/c1-10(14)9-12-6-3-2-5-11(12)7-4-8-13(15)16/h2-7H,8-9H2,1H3,(H,15,16). The first-order valence-electron chi connectivity index (χ1n) is 5.05. The molecule has 0 aliphatic rings. The van der Waals surface area contributed by atoms with Crippen LogP contribution in [0, 0.1) is 0 Å². The average Bonchev–Trinajstić information content (AvgIpc) is 2.19. The van der Waals surface area contributed by atoms with Gasteiger partial charge in [-0.25, -0.2) is 0 Å². The van der Waals surface area contributed by atoms with Crippen molar-refractivity contribution in [2.45, 2.75) is 19.8 Å². The molecule has 0 aliphatic carbocycles. The van der Waals surface area contributed by atoms with E-state index in [1.807, 2.05) is 24.3 Å². The summed E-state index contributed by atoms with van der Waals surface area (Å²) in [4.78, 5) is 21.4. The van der Waals surface area contributed by atoms with Crippen LogP contribution in [-0.2, 0) is 16.0 Å². The molecule has 0 amide bonds. The smallest absolute Gasteiger partial charge is 0.307 e. The van der Waals surface area contributed by atoms with Gasteiger partial charge < -0.3 is 5.11 Å². The van der Waals surface area contributed by atoms with Crippen LogP contribution in [0.1, 0.15) is 24.5 Å². The average molecular weight is 218 g/mol. The third-order valence-corrected chi connectivity index (χ3v) is 2.08. The third-order valence-electron chi connectivity index (χ3n) is 2.08. The molecule has 1 aromatic rings. The van der Waals surface area contributed by atoms with Crippen LogP contribution in [0.4, 0.5) is 0 Å². The van der Waals surface area contributed by atoms with Gasteiger partial charge in [0.05, 0.1) is 6.42 Å². The van der Waals surface area contributed by atoms with Gasteiger partial charge in [-0.2, -0.15) is 0 Å². The van der Waals surface area contributed by atoms with Crippen molar-refractivity contribution in [3.8, 4) is 0 Å². The van der Waals surface area contributed by atoms with Crippen molar-refractivity contribution in [1.82, 2.24) is 0 Å². The van der Waals surface area contributed by atoms with Gasteiger partial charge in [0.15, 0.2) is 0 Å². The normalized spacial score (nSPS) is 10.6. The van der Waals surface area contributed by atoms with Gasteiger partial charge in [-0.1, -0.05) is 36.4 Å². The summed E-state index contributed by atoms with van der Waals surface area (Å²) in [5.74, 6) is -0.764. The van der Waals surface area contributed by atoms with E-state index in [-0.39, 0.29) is 12.2 Å². The van der Waals surface area contributed by atoms with Crippen molar-refractivity contribution < 1.29 is 14.7 Å². The van der Waals surface area contributed by atoms with Gasteiger partial charge in [0.2, 0.25) is 0 Å². The van der Waals surface area contributed by atoms with Crippen LogP contribution in [0.3, 0.4) is 0 Å². The van der Waals surface area contributed by atoms with E-state index in [0.717, 1.165) is 11.1 Å². The molecular formula is C13H14O3. The highest BCUT2D eigenvalue weighted by molar-refractivity contribution is 5.79. The van der Waals surface area contributed by atoms with E-state index in [1.54, 1.807) is 12.2 Å². The van der Waals surface area contributed by atoms with Crippen LogP contribution < -0.4 is 0 Å². The zero-order valence-corrected chi connectivity index (χ0v) is 9.14. The maximum absolute atomic E-state index is 11.0. The quantitative estimate of drug-likeness (QED) is 0.825. The first kappa shape index (κ1) is 12.2. The molecule has 1 aromatic carbocycles. The van der Waals surface area contributed by atoms with E-state index < -0.39 is 5.97 Å². The molecule has 1 rings (SSSR count). The number of benzene rings is 1. The topological polar surface area (TPSA) is 54.4 Å². The van der Waals surface area contributed by atoms with Gasteiger partial charge in [0.25, 0.3) is 0 Å². The van der Waals surface area contributed by atoms with Crippen LogP contribution in [0.2, 0.25) is 0 Å². The molecular weight excluding hydrogens is 204 g/mol. The molecule has 0 fully saturated rings. The number of Topliss-reactive ketones (excluding diaryl/α,β-unsaturated/α-hetero) is 1. The van der Waals surface area contributed by atoms with Crippen LogP contribution in [0.15, 0.2) is 30.3 Å². The van der Waals surface area contributed by atoms with E-state index in [2.05, 4.69) is 0 Å². The Hall–Kier alpha value is -1.90. The van der Waals surface area contributed by atoms with Crippen molar-refractivity contribution in [3.63, 3.8) is 0 Å². The van der Waals surface area contributed by atoms with Crippen LogP contribution in [0.5, 0.6) is 0 Å². The third kappa shape index (κ3) is 4.09. The molecule has 16 heavy (non-hydrogen) atoms. The van der Waals surface area contributed by atoms with E-state index in [0.29, 0.717) is 6.42 Å². The molecule has 0 spiro atoms. The minimum atomic E-state index is -0.861. The molecule has 3 heteroatoms. The number of carboxylic acids is 1. The number of carbonyl (C=O) groups excluding carboxylic acids is 1. The molecule has 0 saturated carbocycles. The molecule has 0 heterocycles. The summed E-state index contributed by atoms with van der Waals surface area (Å²) in [5.41, 5.74) is 1.83. The van der Waals surface area contributed by atoms with Gasteiger partial charge in [-0.05, 0) is 18.1 Å². The second-order valence-electron chi connectivity index (χ2n) is 3.58. The Morgan fingerprint density at radius 1 is 1.31 bits per heavy atom. The highest BCUT2D eigenvalue weighted by Crippen LogP contribution is 2.12. The zero-order chi connectivity index (χ0) is 12.0. The van der Waals surface area contributed by atoms with Gasteiger partial charge >= 0.3 is 5.97 Å². The minimum absolute atomic E-state index is 0.00555. The fourth-order valence-corrected chi connectivity index (χ4v) is 1.41. The molecule has 0 saturated heterocycles. The summed E-state index contributed by atoms with van der Waals surface area (Å²) in [7, 11) is 0. The predicted octanol–water partition coefficient (Wildman–Crippen LogP) is 2.31. The number of rotatable bonds is 5. The number of aliphatic carboxylic acids is 1. The van der Waals surface area contributed by atoms with E-state index in [9.17, 15) is 9.59 Å². The molecule has 3 nitrogen and oxygen atoms in total. The first-order chi connectivity index (χ1) is 7.59. The zero-order valence-electron chi connectivity index (χ0n) is 9.14. The summed E-state index contributed by atoms with van der Waals surface area (Å²) >= 11 is 0. The summed E-state index contributed by atoms with van der Waals surface area (Å²) in [6, 6.07) is 7.48. The molecule has 0 atom stereocenters. The van der Waals surface area contributed by atoms with Crippen molar-refractivity contribution in [2.75, 3.05) is 0 Å². The van der Waals surface area contributed by atoms with E-state index in [1.165, 1.54) is 6.92 Å². The Morgan fingerprint density at radius 3 is 2.62 bits per heavy atom. The minimum Gasteiger partial charge on any atom is -0.481 e. The molecule has 0 unspecified atom stereocenters. The molecule has 0 bridgehead atoms. The largest absolute Gasteiger partial charge is 0.481 e. The number of carbonyl (C=O) groups is 2. The number of hydrogen-bond acceptors (Lipinski definition) is 2. The fourth-order valence-electron chi connectivity index (χ4n) is 1.41. The first-order valence-corrected chi connectivity index (χ1v) is 5.05. The second-order valence-corrected chi connectivity index (χ2v) is 3.58. The Kier molecular flexibility index (Phi) is 4.45. The highest BCUT2D eigenvalue weighted by atomic mass is 16.4. The molecule has 84 valence electrons. The predicted molar refractivity (Wildman–Crippen MR) is 62.1 cm³/mol. The molecule has 1 N–H and O–H groups in total. The lowest BCUT2D eigenvalue weighted by molar-refractivity contribution is -0.136. The van der Waals surface area contributed by atoms with Gasteiger partial charge in [0, 0.05) is 6.42 Å². The van der Waals surface area contributed by atoms with E-state index >= 15 is 0 Å². The van der Waals surface area contributed by atoms with Gasteiger partial charge in [-0.15, -0.1) is 0 Å². The number of carboxylic acid groups (broad SMARTS) is 1. The van der Waals surface area contributed by atoms with Gasteiger partial charge in [0.1, 0.15) is 5.78 Å². The van der Waals surface area contributed by atoms with Crippen LogP contribution in [0.25, 0.3) is 6.08 Å². The summed E-state index contributed by atoms with van der Waals surface area (Å²) in [5, 5.41) is 8.50. The lowest BCUT2D eigenvalue weighted by Gasteiger charge is -2.02. The SMILES string of the molecule is CC(=O)Cc1ccccc1C=CCC(=O)O. The Labute approximate surface area is 94.4 Å². The highest BCUT2D eigenvalue weighted by Gasteiger charge is 2.01. The Bertz CT molecular complexity index is 419. The summed E-state index contributed by atoms with van der Waals surface area (Å²) in [6.45, 7) is 1.54. The second kappa shape index (κ2) is 5.85. The number of hydrogen-bond donors (Lipinski definition) is 1. The Balaban J connectivity index is 2.82. The van der Waals surface area contributed by atoms with Crippen LogP contribution >= 0.6 is 0 Å². The molecule has 0 aromatic heterocycles. The maximum atomic E-state index is 11.0. The summed E-state index contributed by atoms with van der Waals surface area (Å²) < 4.78 is 0. The molecule has 0 radical (unpaired) electrons. The lowest BCUT2D eigenvalue weighted by atomic mass is 10.0. The molecule has 0 aliphatic heterocycles. The van der Waals surface area contributed by atoms with E-state index in [4.69, 9.17) is 5.11 Å². The monoisotopic (exact) mass is 218 g/mol. The van der Waals surface area contributed by atoms with Crippen molar-refractivity contribution >= 4 is 17.8 Å². The van der Waals surface area contributed by atoms with Crippen LogP contribution in [-0.4, -0.2) is 16.9 Å².